The van der Waals surface area contributed by atoms with Crippen molar-refractivity contribution in [1.82, 2.24) is 4.98 Å². The summed E-state index contributed by atoms with van der Waals surface area (Å²) >= 11 is 0. The molecule has 0 saturated carbocycles. The Morgan fingerprint density at radius 3 is 2.67 bits per heavy atom. The molecule has 1 atom stereocenters. The Morgan fingerprint density at radius 1 is 1.25 bits per heavy atom. The molecule has 1 aromatic carbocycles. The van der Waals surface area contributed by atoms with Crippen molar-refractivity contribution in [1.29, 1.82) is 0 Å². The monoisotopic (exact) mass is 325 g/mol. The first-order valence-electron chi connectivity index (χ1n) is 8.30. The summed E-state index contributed by atoms with van der Waals surface area (Å²) in [6.07, 6.45) is 10.3. The number of pyridine rings is 1. The average Bonchev–Trinajstić information content (AvgIpc) is 2.56. The number of aliphatic hydroxyl groups excluding tert-OH is 1. The Balaban J connectivity index is 2.03. The van der Waals surface area contributed by atoms with Crippen LogP contribution in [-0.2, 0) is 6.42 Å². The number of unbranched alkanes of at least 4 members (excludes halogenated alkanes) is 1. The standard InChI is InChI=1S/C21H24FNO/c1-3-7-20-13-12-19(15-23-20)18-11-10-17(21(22)14-18)9-6-4-5-8-16(2)24/h3,6,9-16,24H,1,4-5,7-8H2,2H3. The number of hydrogen-bond donors (Lipinski definition) is 1. The Kier molecular flexibility index (Phi) is 6.89. The molecule has 0 fully saturated rings. The fourth-order valence-electron chi connectivity index (χ4n) is 2.45. The highest BCUT2D eigenvalue weighted by atomic mass is 19.1. The van der Waals surface area contributed by atoms with E-state index in [0.717, 1.165) is 42.5 Å². The van der Waals surface area contributed by atoms with Gasteiger partial charge in [0.1, 0.15) is 5.82 Å². The molecule has 0 amide bonds. The summed E-state index contributed by atoms with van der Waals surface area (Å²) in [5.74, 6) is -0.241. The molecule has 0 aliphatic carbocycles. The fourth-order valence-corrected chi connectivity index (χ4v) is 2.45. The van der Waals surface area contributed by atoms with Crippen LogP contribution in [0, 0.1) is 5.82 Å². The lowest BCUT2D eigenvalue weighted by Crippen LogP contribution is -1.97. The fraction of sp³-hybridized carbons (Fsp3) is 0.286. The Hall–Kier alpha value is -2.26. The molecule has 1 unspecified atom stereocenters. The SMILES string of the molecule is C=CCc1ccc(-c2ccc(C=CCCCC(C)O)c(F)c2)cn1. The molecule has 126 valence electrons. The van der Waals surface area contributed by atoms with Crippen molar-refractivity contribution in [3.8, 4) is 11.1 Å². The molecule has 0 saturated heterocycles. The molecule has 2 aromatic rings. The summed E-state index contributed by atoms with van der Waals surface area (Å²) in [5, 5.41) is 9.20. The van der Waals surface area contributed by atoms with Gasteiger partial charge in [-0.2, -0.15) is 0 Å². The zero-order valence-corrected chi connectivity index (χ0v) is 14.1. The van der Waals surface area contributed by atoms with Crippen LogP contribution in [-0.4, -0.2) is 16.2 Å². The topological polar surface area (TPSA) is 33.1 Å². The van der Waals surface area contributed by atoms with Crippen molar-refractivity contribution >= 4 is 6.08 Å². The minimum atomic E-state index is -0.277. The second-order valence-corrected chi connectivity index (χ2v) is 5.95. The van der Waals surface area contributed by atoms with E-state index in [1.807, 2.05) is 30.4 Å². The number of aliphatic hydroxyl groups is 1. The van der Waals surface area contributed by atoms with Gasteiger partial charge in [0.25, 0.3) is 0 Å². The van der Waals surface area contributed by atoms with Crippen LogP contribution in [0.4, 0.5) is 4.39 Å². The number of nitrogens with zero attached hydrogens (tertiary/aromatic N) is 1. The minimum absolute atomic E-state index is 0.241. The number of hydrogen-bond acceptors (Lipinski definition) is 2. The summed E-state index contributed by atoms with van der Waals surface area (Å²) in [4.78, 5) is 4.35. The predicted molar refractivity (Wildman–Crippen MR) is 98.1 cm³/mol. The molecule has 0 aliphatic rings. The molecular weight excluding hydrogens is 301 g/mol. The lowest BCUT2D eigenvalue weighted by atomic mass is 10.0. The summed E-state index contributed by atoms with van der Waals surface area (Å²) in [5.41, 5.74) is 3.24. The summed E-state index contributed by atoms with van der Waals surface area (Å²) < 4.78 is 14.2. The van der Waals surface area contributed by atoms with Crippen LogP contribution in [0.1, 0.15) is 37.4 Å². The van der Waals surface area contributed by atoms with Gasteiger partial charge in [-0.1, -0.05) is 36.4 Å². The molecule has 2 rings (SSSR count). The van der Waals surface area contributed by atoms with Crippen molar-refractivity contribution in [2.45, 2.75) is 38.7 Å². The summed E-state index contributed by atoms with van der Waals surface area (Å²) in [6, 6.07) is 9.12. The molecule has 0 aliphatic heterocycles. The number of benzene rings is 1. The van der Waals surface area contributed by atoms with E-state index in [4.69, 9.17) is 0 Å². The van der Waals surface area contributed by atoms with E-state index in [9.17, 15) is 9.50 Å². The second-order valence-electron chi connectivity index (χ2n) is 5.95. The van der Waals surface area contributed by atoms with Crippen molar-refractivity contribution in [3.63, 3.8) is 0 Å². The van der Waals surface area contributed by atoms with Crippen molar-refractivity contribution in [2.24, 2.45) is 0 Å². The third kappa shape index (κ3) is 5.43. The maximum absolute atomic E-state index is 14.2. The molecule has 0 spiro atoms. The van der Waals surface area contributed by atoms with E-state index >= 15 is 0 Å². The summed E-state index contributed by atoms with van der Waals surface area (Å²) in [7, 11) is 0. The Bertz CT molecular complexity index is 689. The van der Waals surface area contributed by atoms with Gasteiger partial charge < -0.3 is 5.11 Å². The second kappa shape index (κ2) is 9.14. The first kappa shape index (κ1) is 18.1. The molecule has 0 radical (unpaired) electrons. The molecule has 2 nitrogen and oxygen atoms in total. The van der Waals surface area contributed by atoms with Gasteiger partial charge in [-0.15, -0.1) is 6.58 Å². The van der Waals surface area contributed by atoms with E-state index in [0.29, 0.717) is 5.56 Å². The third-order valence-electron chi connectivity index (χ3n) is 3.80. The highest BCUT2D eigenvalue weighted by Gasteiger charge is 2.04. The minimum Gasteiger partial charge on any atom is -0.393 e. The van der Waals surface area contributed by atoms with Crippen LogP contribution in [0.5, 0.6) is 0 Å². The van der Waals surface area contributed by atoms with Crippen LogP contribution in [0.15, 0.2) is 55.3 Å². The number of allylic oxidation sites excluding steroid dienone is 2. The van der Waals surface area contributed by atoms with E-state index < -0.39 is 0 Å². The van der Waals surface area contributed by atoms with Gasteiger partial charge in [0, 0.05) is 29.4 Å². The van der Waals surface area contributed by atoms with Gasteiger partial charge in [0.15, 0.2) is 0 Å². The van der Waals surface area contributed by atoms with Crippen LogP contribution in [0.2, 0.25) is 0 Å². The normalized spacial score (nSPS) is 12.5. The van der Waals surface area contributed by atoms with E-state index in [1.165, 1.54) is 0 Å². The molecule has 1 aromatic heterocycles. The predicted octanol–water partition coefficient (Wildman–Crippen LogP) is 5.18. The van der Waals surface area contributed by atoms with Crippen LogP contribution < -0.4 is 0 Å². The van der Waals surface area contributed by atoms with E-state index in [-0.39, 0.29) is 11.9 Å². The third-order valence-corrected chi connectivity index (χ3v) is 3.80. The summed E-state index contributed by atoms with van der Waals surface area (Å²) in [6.45, 7) is 5.47. The molecule has 3 heteroatoms. The van der Waals surface area contributed by atoms with Gasteiger partial charge in [0.05, 0.1) is 6.10 Å². The lowest BCUT2D eigenvalue weighted by molar-refractivity contribution is 0.182. The van der Waals surface area contributed by atoms with Gasteiger partial charge in [0.2, 0.25) is 0 Å². The highest BCUT2D eigenvalue weighted by Crippen LogP contribution is 2.22. The lowest BCUT2D eigenvalue weighted by Gasteiger charge is -2.05. The quantitative estimate of drug-likeness (QED) is 0.536. The Labute approximate surface area is 143 Å². The zero-order valence-electron chi connectivity index (χ0n) is 14.1. The molecule has 24 heavy (non-hydrogen) atoms. The van der Waals surface area contributed by atoms with Crippen molar-refractivity contribution in [2.75, 3.05) is 0 Å². The number of aromatic nitrogens is 1. The van der Waals surface area contributed by atoms with E-state index in [2.05, 4.69) is 11.6 Å². The maximum Gasteiger partial charge on any atom is 0.131 e. The van der Waals surface area contributed by atoms with Crippen LogP contribution in [0.25, 0.3) is 17.2 Å². The largest absolute Gasteiger partial charge is 0.393 e. The smallest absolute Gasteiger partial charge is 0.131 e. The van der Waals surface area contributed by atoms with Gasteiger partial charge in [-0.05, 0) is 43.9 Å². The Morgan fingerprint density at radius 2 is 2.04 bits per heavy atom. The van der Waals surface area contributed by atoms with Crippen molar-refractivity contribution in [3.05, 3.63) is 72.3 Å². The zero-order chi connectivity index (χ0) is 17.4. The average molecular weight is 325 g/mol. The van der Waals surface area contributed by atoms with Gasteiger partial charge >= 0.3 is 0 Å². The van der Waals surface area contributed by atoms with Gasteiger partial charge in [-0.3, -0.25) is 4.98 Å². The number of rotatable bonds is 8. The molecule has 1 N–H and O–H groups in total. The molecular formula is C21H24FNO. The first-order valence-corrected chi connectivity index (χ1v) is 8.30. The molecule has 0 bridgehead atoms. The van der Waals surface area contributed by atoms with Crippen LogP contribution >= 0.6 is 0 Å². The highest BCUT2D eigenvalue weighted by molar-refractivity contribution is 5.65. The number of halogens is 1. The first-order chi connectivity index (χ1) is 11.6. The molecule has 1 heterocycles. The van der Waals surface area contributed by atoms with Crippen molar-refractivity contribution < 1.29 is 9.50 Å². The van der Waals surface area contributed by atoms with Crippen LogP contribution in [0.3, 0.4) is 0 Å². The van der Waals surface area contributed by atoms with Gasteiger partial charge in [-0.25, -0.2) is 4.39 Å². The van der Waals surface area contributed by atoms with E-state index in [1.54, 1.807) is 31.3 Å². The maximum atomic E-state index is 14.2.